The summed E-state index contributed by atoms with van der Waals surface area (Å²) in [5.41, 5.74) is 1.07. The Hall–Kier alpha value is -1.03. The van der Waals surface area contributed by atoms with E-state index in [0.717, 1.165) is 35.6 Å². The molecule has 0 bridgehead atoms. The van der Waals surface area contributed by atoms with Gasteiger partial charge in [-0.1, -0.05) is 22.0 Å². The number of halogens is 1. The maximum atomic E-state index is 4.45. The van der Waals surface area contributed by atoms with Crippen LogP contribution in [0.15, 0.2) is 33.7 Å². The summed E-state index contributed by atoms with van der Waals surface area (Å²) >= 11 is 3.45. The second-order valence-electron chi connectivity index (χ2n) is 3.62. The minimum absolute atomic E-state index is 0.917. The zero-order valence-electron chi connectivity index (χ0n) is 8.70. The summed E-state index contributed by atoms with van der Waals surface area (Å²) < 4.78 is 1.08. The van der Waals surface area contributed by atoms with Gasteiger partial charge in [-0.3, -0.25) is 4.99 Å². The molecule has 0 amide bonds. The lowest BCUT2D eigenvalue weighted by atomic mass is 10.3. The third kappa shape index (κ3) is 2.72. The van der Waals surface area contributed by atoms with Crippen LogP contribution >= 0.6 is 15.9 Å². The topological polar surface area (TPSA) is 27.6 Å². The fourth-order valence-corrected chi connectivity index (χ4v) is 1.95. The number of hydrogen-bond donors (Lipinski definition) is 1. The number of guanidine groups is 1. The van der Waals surface area contributed by atoms with Crippen LogP contribution in [0.2, 0.25) is 0 Å². The van der Waals surface area contributed by atoms with Crippen LogP contribution in [0.1, 0.15) is 6.42 Å². The van der Waals surface area contributed by atoms with E-state index in [9.17, 15) is 0 Å². The molecule has 1 aliphatic heterocycles. The van der Waals surface area contributed by atoms with Gasteiger partial charge in [-0.2, -0.15) is 0 Å². The van der Waals surface area contributed by atoms with Gasteiger partial charge in [-0.15, -0.1) is 0 Å². The molecule has 0 radical (unpaired) electrons. The van der Waals surface area contributed by atoms with Crippen molar-refractivity contribution >= 4 is 27.6 Å². The molecule has 0 saturated carbocycles. The molecule has 3 nitrogen and oxygen atoms in total. The lowest BCUT2D eigenvalue weighted by Gasteiger charge is -2.25. The highest BCUT2D eigenvalue weighted by Crippen LogP contribution is 2.16. The molecule has 0 fully saturated rings. The molecule has 1 heterocycles. The predicted octanol–water partition coefficient (Wildman–Crippen LogP) is 2.55. The maximum Gasteiger partial charge on any atom is 0.198 e. The summed E-state index contributed by atoms with van der Waals surface area (Å²) in [6.07, 6.45) is 1.14. The van der Waals surface area contributed by atoms with Gasteiger partial charge in [-0.25, -0.2) is 0 Å². The van der Waals surface area contributed by atoms with Crippen molar-refractivity contribution in [1.82, 2.24) is 4.90 Å². The summed E-state index contributed by atoms with van der Waals surface area (Å²) in [5, 5.41) is 3.32. The van der Waals surface area contributed by atoms with Crippen molar-refractivity contribution in [2.45, 2.75) is 6.42 Å². The van der Waals surface area contributed by atoms with E-state index in [-0.39, 0.29) is 0 Å². The Morgan fingerprint density at radius 2 is 2.33 bits per heavy atom. The number of nitrogens with one attached hydrogen (secondary N) is 1. The Morgan fingerprint density at radius 1 is 1.47 bits per heavy atom. The molecule has 80 valence electrons. The summed E-state index contributed by atoms with van der Waals surface area (Å²) in [6.45, 7) is 1.99. The van der Waals surface area contributed by atoms with Crippen LogP contribution in [0.25, 0.3) is 0 Å². The van der Waals surface area contributed by atoms with Crippen LogP contribution in [0.4, 0.5) is 5.69 Å². The van der Waals surface area contributed by atoms with Crippen LogP contribution < -0.4 is 5.32 Å². The molecular formula is C11H14BrN3. The summed E-state index contributed by atoms with van der Waals surface area (Å²) in [5.74, 6) is 0.958. The number of benzene rings is 1. The molecule has 1 aliphatic rings. The van der Waals surface area contributed by atoms with Crippen molar-refractivity contribution in [1.29, 1.82) is 0 Å². The molecule has 4 heteroatoms. The maximum absolute atomic E-state index is 4.45. The molecule has 1 aromatic carbocycles. The van der Waals surface area contributed by atoms with Gasteiger partial charge in [0.1, 0.15) is 0 Å². The van der Waals surface area contributed by atoms with E-state index < -0.39 is 0 Å². The van der Waals surface area contributed by atoms with Crippen LogP contribution in [0, 0.1) is 0 Å². The second kappa shape index (κ2) is 4.66. The lowest BCUT2D eigenvalue weighted by Crippen LogP contribution is -2.37. The Kier molecular flexibility index (Phi) is 3.26. The van der Waals surface area contributed by atoms with Gasteiger partial charge >= 0.3 is 0 Å². The zero-order chi connectivity index (χ0) is 10.7. The van der Waals surface area contributed by atoms with E-state index in [4.69, 9.17) is 0 Å². The largest absolute Gasteiger partial charge is 0.346 e. The summed E-state index contributed by atoms with van der Waals surface area (Å²) in [4.78, 5) is 6.59. The Bertz CT molecular complexity index is 376. The molecule has 0 spiro atoms. The molecule has 2 rings (SSSR count). The van der Waals surface area contributed by atoms with E-state index in [1.54, 1.807) is 0 Å². The normalized spacial score (nSPS) is 16.1. The van der Waals surface area contributed by atoms with Crippen LogP contribution in [0.5, 0.6) is 0 Å². The second-order valence-corrected chi connectivity index (χ2v) is 4.53. The number of aliphatic imine (C=N–C) groups is 1. The first kappa shape index (κ1) is 10.5. The highest BCUT2D eigenvalue weighted by Gasteiger charge is 2.10. The van der Waals surface area contributed by atoms with E-state index in [2.05, 4.69) is 38.2 Å². The molecule has 0 saturated heterocycles. The quantitative estimate of drug-likeness (QED) is 0.847. The fourth-order valence-electron chi connectivity index (χ4n) is 1.55. The van der Waals surface area contributed by atoms with Crippen LogP contribution in [0.3, 0.4) is 0 Å². The SMILES string of the molecule is CN1CCCN=C1Nc1cccc(Br)c1. The molecule has 15 heavy (non-hydrogen) atoms. The third-order valence-corrected chi connectivity index (χ3v) is 2.85. The first-order chi connectivity index (χ1) is 7.25. The van der Waals surface area contributed by atoms with Crippen molar-refractivity contribution in [2.75, 3.05) is 25.5 Å². The first-order valence-corrected chi connectivity index (χ1v) is 5.83. The molecule has 0 aliphatic carbocycles. The lowest BCUT2D eigenvalue weighted by molar-refractivity contribution is 0.466. The van der Waals surface area contributed by atoms with Gasteiger partial charge in [0.15, 0.2) is 5.96 Å². The molecule has 0 aromatic heterocycles. The van der Waals surface area contributed by atoms with E-state index in [1.807, 2.05) is 24.3 Å². The van der Waals surface area contributed by atoms with Gasteiger partial charge < -0.3 is 10.2 Å². The summed E-state index contributed by atoms with van der Waals surface area (Å²) in [7, 11) is 2.06. The Labute approximate surface area is 98.3 Å². The number of nitrogens with zero attached hydrogens (tertiary/aromatic N) is 2. The van der Waals surface area contributed by atoms with E-state index in [0.29, 0.717) is 0 Å². The molecule has 1 aromatic rings. The monoisotopic (exact) mass is 267 g/mol. The standard InChI is InChI=1S/C11H14BrN3/c1-15-7-3-6-13-11(15)14-10-5-2-4-9(12)8-10/h2,4-5,8H,3,6-7H2,1H3,(H,13,14). The summed E-state index contributed by atoms with van der Waals surface area (Å²) in [6, 6.07) is 8.11. The van der Waals surface area contributed by atoms with Gasteiger partial charge in [0, 0.05) is 30.3 Å². The Morgan fingerprint density at radius 3 is 3.07 bits per heavy atom. The number of anilines is 1. The van der Waals surface area contributed by atoms with Crippen molar-refractivity contribution in [3.63, 3.8) is 0 Å². The smallest absolute Gasteiger partial charge is 0.198 e. The minimum atomic E-state index is 0.917. The number of rotatable bonds is 1. The molecule has 0 atom stereocenters. The van der Waals surface area contributed by atoms with Gasteiger partial charge in [0.05, 0.1) is 0 Å². The predicted molar refractivity (Wildman–Crippen MR) is 67.3 cm³/mol. The fraction of sp³-hybridized carbons (Fsp3) is 0.364. The highest BCUT2D eigenvalue weighted by molar-refractivity contribution is 9.10. The zero-order valence-corrected chi connectivity index (χ0v) is 10.3. The van der Waals surface area contributed by atoms with Gasteiger partial charge in [0.25, 0.3) is 0 Å². The Balaban J connectivity index is 2.11. The number of hydrogen-bond acceptors (Lipinski definition) is 3. The molecular weight excluding hydrogens is 254 g/mol. The average molecular weight is 268 g/mol. The van der Waals surface area contributed by atoms with E-state index in [1.165, 1.54) is 0 Å². The first-order valence-electron chi connectivity index (χ1n) is 5.04. The highest BCUT2D eigenvalue weighted by atomic mass is 79.9. The third-order valence-electron chi connectivity index (χ3n) is 2.36. The van der Waals surface area contributed by atoms with Crippen molar-refractivity contribution in [3.05, 3.63) is 28.7 Å². The van der Waals surface area contributed by atoms with Crippen molar-refractivity contribution < 1.29 is 0 Å². The van der Waals surface area contributed by atoms with Crippen molar-refractivity contribution in [2.24, 2.45) is 4.99 Å². The van der Waals surface area contributed by atoms with Crippen LogP contribution in [-0.4, -0.2) is 31.0 Å². The van der Waals surface area contributed by atoms with Gasteiger partial charge in [-0.05, 0) is 24.6 Å². The van der Waals surface area contributed by atoms with Gasteiger partial charge in [0.2, 0.25) is 0 Å². The average Bonchev–Trinajstić information content (AvgIpc) is 2.22. The van der Waals surface area contributed by atoms with E-state index >= 15 is 0 Å². The van der Waals surface area contributed by atoms with Crippen molar-refractivity contribution in [3.8, 4) is 0 Å². The van der Waals surface area contributed by atoms with Crippen LogP contribution in [-0.2, 0) is 0 Å². The molecule has 1 N–H and O–H groups in total. The minimum Gasteiger partial charge on any atom is -0.346 e. The molecule has 0 unspecified atom stereocenters.